The Morgan fingerprint density at radius 2 is 2.00 bits per heavy atom. The normalized spacial score (nSPS) is 13.1. The predicted octanol–water partition coefficient (Wildman–Crippen LogP) is 2.42. The molecule has 0 amide bonds. The van der Waals surface area contributed by atoms with Crippen LogP contribution in [-0.4, -0.2) is 32.1 Å². The monoisotopic (exact) mass is 254 g/mol. The van der Waals surface area contributed by atoms with E-state index >= 15 is 0 Å². The van der Waals surface area contributed by atoms with Gasteiger partial charge in [0.2, 0.25) is 0 Å². The van der Waals surface area contributed by atoms with Crippen molar-refractivity contribution >= 4 is 0 Å². The number of hydrogen-bond acceptors (Lipinski definition) is 3. The van der Waals surface area contributed by atoms with Gasteiger partial charge in [0.25, 0.3) is 0 Å². The summed E-state index contributed by atoms with van der Waals surface area (Å²) in [5.41, 5.74) is 6.88. The number of nitrogens with zero attached hydrogens (tertiary/aromatic N) is 1. The molecule has 0 aliphatic carbocycles. The van der Waals surface area contributed by atoms with E-state index in [1.807, 2.05) is 13.1 Å². The Morgan fingerprint density at radius 3 is 2.50 bits per heavy atom. The number of methoxy groups -OCH3 is 1. The number of likely N-dealkylation sites (N-methyl/N-ethyl adjacent to an activating group) is 1. The summed E-state index contributed by atoms with van der Waals surface area (Å²) < 4.78 is 18.5. The quantitative estimate of drug-likeness (QED) is 0.847. The summed E-state index contributed by atoms with van der Waals surface area (Å²) in [6.07, 6.45) is 0. The van der Waals surface area contributed by atoms with E-state index in [9.17, 15) is 4.39 Å². The first-order valence-electron chi connectivity index (χ1n) is 6.21. The van der Waals surface area contributed by atoms with E-state index in [2.05, 4.69) is 18.7 Å². The number of ether oxygens (including phenoxy) is 1. The van der Waals surface area contributed by atoms with E-state index in [1.54, 1.807) is 6.07 Å². The maximum atomic E-state index is 13.6. The van der Waals surface area contributed by atoms with Crippen molar-refractivity contribution in [2.24, 2.45) is 11.7 Å². The first-order chi connectivity index (χ1) is 8.43. The van der Waals surface area contributed by atoms with Crippen LogP contribution in [-0.2, 0) is 0 Å². The van der Waals surface area contributed by atoms with Gasteiger partial charge >= 0.3 is 0 Å². The van der Waals surface area contributed by atoms with Gasteiger partial charge in [0, 0.05) is 19.1 Å². The number of nitrogens with two attached hydrogens (primary N) is 1. The highest BCUT2D eigenvalue weighted by Gasteiger charge is 2.12. The third kappa shape index (κ3) is 4.27. The van der Waals surface area contributed by atoms with Crippen molar-refractivity contribution in [2.45, 2.75) is 19.9 Å². The maximum absolute atomic E-state index is 13.6. The number of halogens is 1. The van der Waals surface area contributed by atoms with Crippen molar-refractivity contribution < 1.29 is 9.13 Å². The molecule has 1 aromatic rings. The lowest BCUT2D eigenvalue weighted by Gasteiger charge is -2.23. The van der Waals surface area contributed by atoms with Crippen LogP contribution in [0.2, 0.25) is 0 Å². The molecule has 0 heterocycles. The lowest BCUT2D eigenvalue weighted by Crippen LogP contribution is -2.31. The summed E-state index contributed by atoms with van der Waals surface area (Å²) in [5.74, 6) is 0.480. The molecule has 1 unspecified atom stereocenters. The first-order valence-corrected chi connectivity index (χ1v) is 6.21. The molecule has 0 saturated heterocycles. The zero-order valence-corrected chi connectivity index (χ0v) is 11.6. The second kappa shape index (κ2) is 6.71. The second-order valence-electron chi connectivity index (χ2n) is 5.12. The van der Waals surface area contributed by atoms with Gasteiger partial charge in [-0.3, -0.25) is 0 Å². The van der Waals surface area contributed by atoms with Gasteiger partial charge in [-0.05, 0) is 30.7 Å². The average molecular weight is 254 g/mol. The van der Waals surface area contributed by atoms with Crippen molar-refractivity contribution in [3.05, 3.63) is 29.6 Å². The van der Waals surface area contributed by atoms with Crippen LogP contribution in [0.15, 0.2) is 18.2 Å². The summed E-state index contributed by atoms with van der Waals surface area (Å²) in [6.45, 7) is 6.01. The molecular formula is C14H23FN2O. The standard InChI is InChI=1S/C14H23FN2O/c1-10(2)8-17(3)9-13(16)11-5-6-14(18-4)12(15)7-11/h5-7,10,13H,8-9,16H2,1-4H3. The minimum Gasteiger partial charge on any atom is -0.494 e. The van der Waals surface area contributed by atoms with Crippen molar-refractivity contribution in [3.8, 4) is 5.75 Å². The minimum absolute atomic E-state index is 0.186. The minimum atomic E-state index is -0.364. The van der Waals surface area contributed by atoms with Gasteiger partial charge < -0.3 is 15.4 Å². The summed E-state index contributed by atoms with van der Waals surface area (Å²) in [4.78, 5) is 2.16. The Kier molecular flexibility index (Phi) is 5.56. The average Bonchev–Trinajstić information content (AvgIpc) is 2.27. The first kappa shape index (κ1) is 14.9. The molecule has 2 N–H and O–H groups in total. The van der Waals surface area contributed by atoms with E-state index in [1.165, 1.54) is 13.2 Å². The summed E-state index contributed by atoms with van der Waals surface area (Å²) in [7, 11) is 3.48. The van der Waals surface area contributed by atoms with Gasteiger partial charge in [-0.2, -0.15) is 0 Å². The predicted molar refractivity (Wildman–Crippen MR) is 72.2 cm³/mol. The largest absolute Gasteiger partial charge is 0.494 e. The van der Waals surface area contributed by atoms with Crippen molar-refractivity contribution in [3.63, 3.8) is 0 Å². The Hall–Kier alpha value is -1.13. The van der Waals surface area contributed by atoms with Gasteiger partial charge in [-0.25, -0.2) is 4.39 Å². The van der Waals surface area contributed by atoms with Crippen molar-refractivity contribution in [2.75, 3.05) is 27.2 Å². The summed E-state index contributed by atoms with van der Waals surface area (Å²) in [6, 6.07) is 4.70. The molecule has 0 aliphatic rings. The third-order valence-corrected chi connectivity index (χ3v) is 2.79. The van der Waals surface area contributed by atoms with Crippen LogP contribution in [0.1, 0.15) is 25.5 Å². The summed E-state index contributed by atoms with van der Waals surface area (Å²) in [5, 5.41) is 0. The van der Waals surface area contributed by atoms with Crippen LogP contribution < -0.4 is 10.5 Å². The summed E-state index contributed by atoms with van der Waals surface area (Å²) >= 11 is 0. The molecule has 0 spiro atoms. The molecule has 1 rings (SSSR count). The number of hydrogen-bond donors (Lipinski definition) is 1. The molecule has 0 bridgehead atoms. The molecule has 18 heavy (non-hydrogen) atoms. The molecule has 102 valence electrons. The van der Waals surface area contributed by atoms with E-state index < -0.39 is 0 Å². The van der Waals surface area contributed by atoms with E-state index in [0.717, 1.165) is 12.1 Å². The lowest BCUT2D eigenvalue weighted by molar-refractivity contribution is 0.278. The van der Waals surface area contributed by atoms with Crippen LogP contribution >= 0.6 is 0 Å². The van der Waals surface area contributed by atoms with Crippen LogP contribution in [0, 0.1) is 11.7 Å². The van der Waals surface area contributed by atoms with E-state index in [-0.39, 0.29) is 17.6 Å². The molecular weight excluding hydrogens is 231 g/mol. The SMILES string of the molecule is COc1ccc(C(N)CN(C)CC(C)C)cc1F. The molecule has 3 nitrogen and oxygen atoms in total. The zero-order valence-electron chi connectivity index (χ0n) is 11.6. The third-order valence-electron chi connectivity index (χ3n) is 2.79. The van der Waals surface area contributed by atoms with Crippen LogP contribution in [0.25, 0.3) is 0 Å². The highest BCUT2D eigenvalue weighted by molar-refractivity contribution is 5.31. The highest BCUT2D eigenvalue weighted by atomic mass is 19.1. The van der Waals surface area contributed by atoms with Gasteiger partial charge in [0.1, 0.15) is 0 Å². The Bertz CT molecular complexity index is 382. The molecule has 0 aromatic heterocycles. The van der Waals surface area contributed by atoms with Gasteiger partial charge in [0.05, 0.1) is 7.11 Å². The highest BCUT2D eigenvalue weighted by Crippen LogP contribution is 2.21. The van der Waals surface area contributed by atoms with Crippen molar-refractivity contribution in [1.82, 2.24) is 4.90 Å². The number of benzene rings is 1. The van der Waals surface area contributed by atoms with Gasteiger partial charge in [-0.1, -0.05) is 19.9 Å². The maximum Gasteiger partial charge on any atom is 0.165 e. The molecule has 0 radical (unpaired) electrons. The van der Waals surface area contributed by atoms with Gasteiger partial charge in [-0.15, -0.1) is 0 Å². The van der Waals surface area contributed by atoms with Gasteiger partial charge in [0.15, 0.2) is 11.6 Å². The smallest absolute Gasteiger partial charge is 0.165 e. The molecule has 0 saturated carbocycles. The van der Waals surface area contributed by atoms with Crippen LogP contribution in [0.4, 0.5) is 4.39 Å². The molecule has 1 atom stereocenters. The van der Waals surface area contributed by atoms with Crippen LogP contribution in [0.3, 0.4) is 0 Å². The number of rotatable bonds is 6. The molecule has 0 fully saturated rings. The lowest BCUT2D eigenvalue weighted by atomic mass is 10.1. The fourth-order valence-corrected chi connectivity index (χ4v) is 2.05. The second-order valence-corrected chi connectivity index (χ2v) is 5.12. The fraction of sp³-hybridized carbons (Fsp3) is 0.571. The molecule has 4 heteroatoms. The van der Waals surface area contributed by atoms with Crippen molar-refractivity contribution in [1.29, 1.82) is 0 Å². The fourth-order valence-electron chi connectivity index (χ4n) is 2.05. The Labute approximate surface area is 109 Å². The van der Waals surface area contributed by atoms with E-state index in [4.69, 9.17) is 10.5 Å². The topological polar surface area (TPSA) is 38.5 Å². The molecule has 1 aromatic carbocycles. The Morgan fingerprint density at radius 1 is 1.33 bits per heavy atom. The Balaban J connectivity index is 2.66. The zero-order chi connectivity index (χ0) is 13.7. The van der Waals surface area contributed by atoms with Crippen LogP contribution in [0.5, 0.6) is 5.75 Å². The molecule has 0 aliphatic heterocycles. The van der Waals surface area contributed by atoms with E-state index in [0.29, 0.717) is 12.5 Å².